The smallest absolute Gasteiger partial charge is 0.254 e. The highest BCUT2D eigenvalue weighted by Gasteiger charge is 2.29. The minimum atomic E-state index is -1.28. The molecule has 1 fully saturated rings. The zero-order chi connectivity index (χ0) is 21.0. The van der Waals surface area contributed by atoms with Gasteiger partial charge in [0.05, 0.1) is 46.4 Å². The standard InChI is InChI=1S/C22H26N2O5/c1-15(16-7-8-19(28-2)20(14-16)29-3)23-9-11-24(12-10-23)21(25)17-5-4-6-18(13-17)22(26)27/h4-8,13-15H,9-12H2,1-3H3,(H,26,27)/t15-/m1/s1. The number of hydrogen-bond acceptors (Lipinski definition) is 5. The number of aromatic carboxylic acids is 1. The Balaban J connectivity index is 1.65. The van der Waals surface area contributed by atoms with E-state index in [1.807, 2.05) is 18.2 Å². The van der Waals surface area contributed by atoms with E-state index in [1.54, 1.807) is 31.3 Å². The van der Waals surface area contributed by atoms with Gasteiger partial charge in [0.2, 0.25) is 0 Å². The van der Waals surface area contributed by atoms with Crippen LogP contribution in [0.15, 0.2) is 42.5 Å². The number of hydrogen-bond donors (Lipinski definition) is 1. The Labute approximate surface area is 170 Å². The number of carbonyl (C=O) groups excluding carboxylic acids is 2. The second-order valence-electron chi connectivity index (χ2n) is 7.15. The molecule has 1 N–H and O–H groups in total. The molecule has 1 amide bonds. The van der Waals surface area contributed by atoms with Crippen molar-refractivity contribution in [2.75, 3.05) is 40.4 Å². The summed E-state index contributed by atoms with van der Waals surface area (Å²) < 4.78 is 10.7. The van der Waals surface area contributed by atoms with Crippen LogP contribution in [0.5, 0.6) is 11.5 Å². The van der Waals surface area contributed by atoms with Gasteiger partial charge in [-0.1, -0.05) is 12.1 Å². The number of carbonyl (C=O) groups is 2. The number of rotatable bonds is 6. The van der Waals surface area contributed by atoms with Crippen LogP contribution in [-0.4, -0.2) is 57.2 Å². The lowest BCUT2D eigenvalue weighted by molar-refractivity contribution is -0.933. The Hall–Kier alpha value is -3.06. The lowest BCUT2D eigenvalue weighted by Gasteiger charge is -2.35. The monoisotopic (exact) mass is 398 g/mol. The fourth-order valence-electron chi connectivity index (χ4n) is 3.75. The van der Waals surface area contributed by atoms with Crippen molar-refractivity contribution < 1.29 is 29.1 Å². The Morgan fingerprint density at radius 1 is 1.00 bits per heavy atom. The molecule has 1 saturated heterocycles. The number of ether oxygens (including phenoxy) is 2. The summed E-state index contributed by atoms with van der Waals surface area (Å²) in [5, 5.41) is 11.0. The molecule has 0 spiro atoms. The number of methoxy groups -OCH3 is 2. The molecule has 1 atom stereocenters. The van der Waals surface area contributed by atoms with Crippen molar-refractivity contribution >= 4 is 11.9 Å². The third-order valence-corrected chi connectivity index (χ3v) is 5.56. The van der Waals surface area contributed by atoms with E-state index < -0.39 is 5.97 Å². The highest BCUT2D eigenvalue weighted by Crippen LogP contribution is 2.29. The van der Waals surface area contributed by atoms with E-state index in [9.17, 15) is 14.7 Å². The van der Waals surface area contributed by atoms with E-state index in [1.165, 1.54) is 17.0 Å². The van der Waals surface area contributed by atoms with Gasteiger partial charge >= 0.3 is 0 Å². The Morgan fingerprint density at radius 3 is 2.28 bits per heavy atom. The molecule has 2 aromatic carbocycles. The van der Waals surface area contributed by atoms with Crippen molar-refractivity contribution in [3.63, 3.8) is 0 Å². The number of benzene rings is 2. The maximum atomic E-state index is 12.7. The number of nitrogens with zero attached hydrogens (tertiary/aromatic N) is 1. The van der Waals surface area contributed by atoms with Crippen molar-refractivity contribution in [1.29, 1.82) is 0 Å². The maximum Gasteiger partial charge on any atom is 0.254 e. The highest BCUT2D eigenvalue weighted by molar-refractivity contribution is 5.97. The van der Waals surface area contributed by atoms with Crippen LogP contribution in [0.3, 0.4) is 0 Å². The molecule has 7 heteroatoms. The summed E-state index contributed by atoms with van der Waals surface area (Å²) in [6, 6.07) is 12.2. The number of carboxylic acid groups (broad SMARTS) is 1. The van der Waals surface area contributed by atoms with Gasteiger partial charge in [0, 0.05) is 11.1 Å². The van der Waals surface area contributed by atoms with Crippen LogP contribution < -0.4 is 19.5 Å². The lowest BCUT2D eigenvalue weighted by atomic mass is 10.0. The fraction of sp³-hybridized carbons (Fsp3) is 0.364. The molecule has 154 valence electrons. The SMILES string of the molecule is COc1ccc([C@@H](C)[NH+]2CCN(C(=O)c3cccc(C(=O)[O-])c3)CC2)cc1OC. The molecule has 1 aliphatic rings. The summed E-state index contributed by atoms with van der Waals surface area (Å²) in [5.74, 6) is -0.0194. The molecule has 2 aromatic rings. The van der Waals surface area contributed by atoms with Crippen molar-refractivity contribution in [2.24, 2.45) is 0 Å². The Kier molecular flexibility index (Phi) is 6.39. The van der Waals surface area contributed by atoms with E-state index in [0.717, 1.165) is 18.7 Å². The van der Waals surface area contributed by atoms with Crippen molar-refractivity contribution in [3.05, 3.63) is 59.2 Å². The van der Waals surface area contributed by atoms with Crippen molar-refractivity contribution in [1.82, 2.24) is 4.90 Å². The second kappa shape index (κ2) is 8.96. The molecule has 0 radical (unpaired) electrons. The molecule has 0 bridgehead atoms. The van der Waals surface area contributed by atoms with Crippen LogP contribution in [-0.2, 0) is 0 Å². The number of quaternary nitrogens is 1. The van der Waals surface area contributed by atoms with Crippen LogP contribution in [0.25, 0.3) is 0 Å². The van der Waals surface area contributed by atoms with E-state index in [2.05, 4.69) is 6.92 Å². The Bertz CT molecular complexity index is 891. The van der Waals surface area contributed by atoms with E-state index in [-0.39, 0.29) is 17.5 Å². The van der Waals surface area contributed by atoms with Gasteiger partial charge in [-0.3, -0.25) is 4.79 Å². The number of carboxylic acids is 1. The quantitative estimate of drug-likeness (QED) is 0.750. The fourth-order valence-corrected chi connectivity index (χ4v) is 3.75. The summed E-state index contributed by atoms with van der Waals surface area (Å²) in [7, 11) is 3.24. The predicted octanol–water partition coefficient (Wildman–Crippen LogP) is 0.169. The molecule has 1 aliphatic heterocycles. The maximum absolute atomic E-state index is 12.7. The molecule has 7 nitrogen and oxygen atoms in total. The van der Waals surface area contributed by atoms with Crippen LogP contribution in [0.1, 0.15) is 39.2 Å². The summed E-state index contributed by atoms with van der Waals surface area (Å²) in [6.07, 6.45) is 0. The van der Waals surface area contributed by atoms with Crippen molar-refractivity contribution in [2.45, 2.75) is 13.0 Å². The van der Waals surface area contributed by atoms with E-state index >= 15 is 0 Å². The molecule has 0 unspecified atom stereocenters. The molecule has 0 aromatic heterocycles. The first-order valence-corrected chi connectivity index (χ1v) is 9.61. The van der Waals surface area contributed by atoms with E-state index in [0.29, 0.717) is 30.2 Å². The first kappa shape index (κ1) is 20.7. The molecular weight excluding hydrogens is 372 g/mol. The number of amides is 1. The zero-order valence-electron chi connectivity index (χ0n) is 16.9. The first-order valence-electron chi connectivity index (χ1n) is 9.61. The number of nitrogens with one attached hydrogen (secondary N) is 1. The topological polar surface area (TPSA) is 83.3 Å². The average molecular weight is 398 g/mol. The third-order valence-electron chi connectivity index (χ3n) is 5.56. The van der Waals surface area contributed by atoms with Crippen LogP contribution in [0, 0.1) is 0 Å². The van der Waals surface area contributed by atoms with Gasteiger partial charge < -0.3 is 29.2 Å². The van der Waals surface area contributed by atoms with Crippen LogP contribution in [0.4, 0.5) is 0 Å². The van der Waals surface area contributed by atoms with E-state index in [4.69, 9.17) is 9.47 Å². The summed E-state index contributed by atoms with van der Waals surface area (Å²) in [6.45, 7) is 5.00. The van der Waals surface area contributed by atoms with Gasteiger partial charge in [0.25, 0.3) is 5.91 Å². The molecular formula is C22H26N2O5. The Morgan fingerprint density at radius 2 is 1.66 bits per heavy atom. The van der Waals surface area contributed by atoms with Gasteiger partial charge in [-0.15, -0.1) is 0 Å². The van der Waals surface area contributed by atoms with Crippen LogP contribution in [0.2, 0.25) is 0 Å². The minimum absolute atomic E-state index is 0.0159. The molecule has 0 saturated carbocycles. The summed E-state index contributed by atoms with van der Waals surface area (Å²) >= 11 is 0. The highest BCUT2D eigenvalue weighted by atomic mass is 16.5. The first-order chi connectivity index (χ1) is 13.9. The zero-order valence-corrected chi connectivity index (χ0v) is 16.9. The molecule has 3 rings (SSSR count). The second-order valence-corrected chi connectivity index (χ2v) is 7.15. The summed E-state index contributed by atoms with van der Waals surface area (Å²) in [4.78, 5) is 26.9. The van der Waals surface area contributed by atoms with Gasteiger partial charge in [0.1, 0.15) is 6.04 Å². The number of piperazine rings is 1. The predicted molar refractivity (Wildman–Crippen MR) is 105 cm³/mol. The lowest BCUT2D eigenvalue weighted by Crippen LogP contribution is -3.14. The van der Waals surface area contributed by atoms with Crippen LogP contribution >= 0.6 is 0 Å². The third kappa shape index (κ3) is 4.51. The molecule has 1 heterocycles. The molecule has 0 aliphatic carbocycles. The normalized spacial score (nSPS) is 15.6. The minimum Gasteiger partial charge on any atom is -0.545 e. The van der Waals surface area contributed by atoms with Gasteiger partial charge in [-0.25, -0.2) is 0 Å². The van der Waals surface area contributed by atoms with Gasteiger partial charge in [-0.05, 0) is 42.8 Å². The summed E-state index contributed by atoms with van der Waals surface area (Å²) in [5.41, 5.74) is 1.55. The van der Waals surface area contributed by atoms with Gasteiger partial charge in [0.15, 0.2) is 11.5 Å². The average Bonchev–Trinajstić information content (AvgIpc) is 2.77. The largest absolute Gasteiger partial charge is 0.545 e. The molecule has 29 heavy (non-hydrogen) atoms. The van der Waals surface area contributed by atoms with Crippen molar-refractivity contribution in [3.8, 4) is 11.5 Å². The van der Waals surface area contributed by atoms with Gasteiger partial charge in [-0.2, -0.15) is 0 Å².